The first-order chi connectivity index (χ1) is 7.44. The molecule has 0 unspecified atom stereocenters. The van der Waals surface area contributed by atoms with Crippen LogP contribution < -0.4 is 11.2 Å². The Balaban J connectivity index is 4.92. The minimum atomic E-state index is -5.37. The fraction of sp³-hybridized carbons (Fsp3) is 0.500. The van der Waals surface area contributed by atoms with Crippen LogP contribution in [-0.2, 0) is 4.79 Å². The van der Waals surface area contributed by atoms with Crippen LogP contribution in [0.3, 0.4) is 0 Å². The van der Waals surface area contributed by atoms with Crippen LogP contribution in [0, 0.1) is 0 Å². The lowest BCUT2D eigenvalue weighted by Crippen LogP contribution is -2.35. The third-order valence-electron chi connectivity index (χ3n) is 1.27. The van der Waals surface area contributed by atoms with Gasteiger partial charge < -0.3 is 5.73 Å². The molecule has 0 rings (SSSR count). The second kappa shape index (κ2) is 5.29. The number of rotatable bonds is 3. The number of hydrogen-bond acceptors (Lipinski definition) is 3. The lowest BCUT2D eigenvalue weighted by Gasteiger charge is -2.11. The van der Waals surface area contributed by atoms with Crippen LogP contribution in [0.1, 0.15) is 6.42 Å². The molecular weight excluding hydrogens is 276 g/mol. The van der Waals surface area contributed by atoms with Gasteiger partial charge in [-0.15, -0.1) is 0 Å². The number of nitrogens with two attached hydrogens (primary N) is 1. The van der Waals surface area contributed by atoms with E-state index in [1.54, 1.807) is 0 Å². The maximum Gasteiger partial charge on any atom is 0.450 e. The fourth-order valence-electron chi connectivity index (χ4n) is 0.578. The molecule has 0 fully saturated rings. The molecule has 0 bridgehead atoms. The van der Waals surface area contributed by atoms with E-state index >= 15 is 0 Å². The van der Waals surface area contributed by atoms with Crippen molar-refractivity contribution in [3.8, 4) is 0 Å². The Labute approximate surface area is 95.8 Å². The van der Waals surface area contributed by atoms with Crippen molar-refractivity contribution in [3.63, 3.8) is 0 Å². The lowest BCUT2D eigenvalue weighted by molar-refractivity contribution is -0.170. The van der Waals surface area contributed by atoms with E-state index < -0.39 is 35.4 Å². The molecule has 98 valence electrons. The predicted octanol–water partition coefficient (Wildman–Crippen LogP) is 1.26. The SMILES string of the molecule is NC(=S)NN=C(CC(=O)C(F)(F)F)C(F)(F)F. The predicted molar refractivity (Wildman–Crippen MR) is 49.1 cm³/mol. The van der Waals surface area contributed by atoms with Crippen LogP contribution in [0.4, 0.5) is 26.3 Å². The maximum absolute atomic E-state index is 12.1. The van der Waals surface area contributed by atoms with Gasteiger partial charge in [-0.3, -0.25) is 10.2 Å². The van der Waals surface area contributed by atoms with Crippen molar-refractivity contribution < 1.29 is 31.1 Å². The first-order valence-electron chi connectivity index (χ1n) is 3.74. The second-order valence-corrected chi connectivity index (χ2v) is 3.07. The second-order valence-electron chi connectivity index (χ2n) is 2.63. The number of carbonyl (C=O) groups is 1. The van der Waals surface area contributed by atoms with Crippen molar-refractivity contribution in [1.82, 2.24) is 5.43 Å². The fourth-order valence-corrected chi connectivity index (χ4v) is 0.624. The van der Waals surface area contributed by atoms with Crippen molar-refractivity contribution in [1.29, 1.82) is 0 Å². The van der Waals surface area contributed by atoms with Crippen molar-refractivity contribution in [2.45, 2.75) is 18.8 Å². The lowest BCUT2D eigenvalue weighted by atomic mass is 10.2. The average molecular weight is 281 g/mol. The molecule has 0 aromatic carbocycles. The van der Waals surface area contributed by atoms with Gasteiger partial charge >= 0.3 is 12.4 Å². The van der Waals surface area contributed by atoms with E-state index in [1.807, 2.05) is 0 Å². The molecule has 0 heterocycles. The molecule has 0 saturated heterocycles. The Morgan fingerprint density at radius 1 is 1.18 bits per heavy atom. The van der Waals surface area contributed by atoms with Gasteiger partial charge in [-0.05, 0) is 12.2 Å². The van der Waals surface area contributed by atoms with E-state index in [4.69, 9.17) is 5.73 Å². The Morgan fingerprint density at radius 3 is 1.94 bits per heavy atom. The molecule has 0 aliphatic carbocycles. The average Bonchev–Trinajstić information content (AvgIpc) is 2.07. The first-order valence-corrected chi connectivity index (χ1v) is 4.14. The number of halogens is 6. The molecule has 0 amide bonds. The highest BCUT2D eigenvalue weighted by Crippen LogP contribution is 2.24. The third-order valence-corrected chi connectivity index (χ3v) is 1.36. The molecule has 0 aromatic rings. The smallest absolute Gasteiger partial charge is 0.375 e. The van der Waals surface area contributed by atoms with Crippen LogP contribution in [0.25, 0.3) is 0 Å². The van der Waals surface area contributed by atoms with E-state index in [-0.39, 0.29) is 0 Å². The summed E-state index contributed by atoms with van der Waals surface area (Å²) < 4.78 is 71.7. The summed E-state index contributed by atoms with van der Waals surface area (Å²) in [5.41, 5.74) is 4.24. The molecule has 0 aliphatic heterocycles. The number of carbonyl (C=O) groups excluding carboxylic acids is 1. The summed E-state index contributed by atoms with van der Waals surface area (Å²) in [6.07, 6.45) is -12.5. The van der Waals surface area contributed by atoms with E-state index in [2.05, 4.69) is 17.3 Å². The summed E-state index contributed by atoms with van der Waals surface area (Å²) in [5, 5.41) is 1.83. The van der Waals surface area contributed by atoms with Crippen molar-refractivity contribution in [2.24, 2.45) is 10.8 Å². The molecule has 4 nitrogen and oxygen atoms in total. The van der Waals surface area contributed by atoms with Crippen LogP contribution in [0.2, 0.25) is 0 Å². The zero-order valence-electron chi connectivity index (χ0n) is 7.82. The van der Waals surface area contributed by atoms with Gasteiger partial charge in [-0.2, -0.15) is 31.4 Å². The van der Waals surface area contributed by atoms with Crippen molar-refractivity contribution in [2.75, 3.05) is 0 Å². The Hall–Kier alpha value is -1.39. The number of nitrogens with zero attached hydrogens (tertiary/aromatic N) is 1. The zero-order chi connectivity index (χ0) is 13.9. The number of hydrogen-bond donors (Lipinski definition) is 2. The Bertz CT molecular complexity index is 347. The van der Waals surface area contributed by atoms with Crippen molar-refractivity contribution >= 4 is 28.8 Å². The molecule has 0 aromatic heterocycles. The van der Waals surface area contributed by atoms with E-state index in [0.29, 0.717) is 0 Å². The van der Waals surface area contributed by atoms with E-state index in [9.17, 15) is 31.1 Å². The van der Waals surface area contributed by atoms with Gasteiger partial charge in [0.25, 0.3) is 0 Å². The van der Waals surface area contributed by atoms with Crippen molar-refractivity contribution in [3.05, 3.63) is 0 Å². The molecular formula is C6H5F6N3OS. The number of thiocarbonyl (C=S) groups is 1. The van der Waals surface area contributed by atoms with Crippen LogP contribution in [-0.4, -0.2) is 29.0 Å². The summed E-state index contributed by atoms with van der Waals surface area (Å²) >= 11 is 4.11. The van der Waals surface area contributed by atoms with Crippen LogP contribution >= 0.6 is 12.2 Å². The minimum absolute atomic E-state index is 0.675. The van der Waals surface area contributed by atoms with Gasteiger partial charge in [0.05, 0.1) is 6.42 Å². The highest BCUT2D eigenvalue weighted by molar-refractivity contribution is 7.80. The summed E-state index contributed by atoms with van der Waals surface area (Å²) in [5.74, 6) is -2.57. The highest BCUT2D eigenvalue weighted by Gasteiger charge is 2.44. The molecule has 11 heteroatoms. The molecule has 3 N–H and O–H groups in total. The normalized spacial score (nSPS) is 13.4. The summed E-state index contributed by atoms with van der Waals surface area (Å²) in [6.45, 7) is 0. The Morgan fingerprint density at radius 2 is 1.65 bits per heavy atom. The molecule has 17 heavy (non-hydrogen) atoms. The minimum Gasteiger partial charge on any atom is -0.375 e. The van der Waals surface area contributed by atoms with Gasteiger partial charge in [0.1, 0.15) is 5.71 Å². The third kappa shape index (κ3) is 6.04. The monoisotopic (exact) mass is 281 g/mol. The molecule has 0 aliphatic rings. The molecule has 0 radical (unpaired) electrons. The maximum atomic E-state index is 12.1. The number of nitrogens with one attached hydrogen (secondary N) is 1. The topological polar surface area (TPSA) is 67.5 Å². The largest absolute Gasteiger partial charge is 0.450 e. The molecule has 0 spiro atoms. The molecule has 0 saturated carbocycles. The summed E-state index contributed by atoms with van der Waals surface area (Å²) in [7, 11) is 0. The van der Waals surface area contributed by atoms with Gasteiger partial charge in [0.2, 0.25) is 5.78 Å². The van der Waals surface area contributed by atoms with Gasteiger partial charge in [-0.1, -0.05) is 0 Å². The number of hydrazone groups is 1. The van der Waals surface area contributed by atoms with Gasteiger partial charge in [0.15, 0.2) is 5.11 Å². The van der Waals surface area contributed by atoms with E-state index in [1.165, 1.54) is 5.43 Å². The van der Waals surface area contributed by atoms with Gasteiger partial charge in [0, 0.05) is 0 Å². The van der Waals surface area contributed by atoms with Crippen LogP contribution in [0.15, 0.2) is 5.10 Å². The summed E-state index contributed by atoms with van der Waals surface area (Å²) in [4.78, 5) is 10.4. The van der Waals surface area contributed by atoms with Gasteiger partial charge in [-0.25, -0.2) is 0 Å². The standard InChI is InChI=1S/C6H5F6N3OS/c7-5(8,9)2(14-15-4(13)17)1-3(16)6(10,11)12/h1H2,(H3,13,15,17). The number of Topliss-reactive ketones (excluding diaryl/α,β-unsaturated/α-hetero) is 1. The quantitative estimate of drug-likeness (QED) is 0.354. The number of ketones is 1. The molecule has 0 atom stereocenters. The first kappa shape index (κ1) is 15.6. The zero-order valence-corrected chi connectivity index (χ0v) is 8.63. The highest BCUT2D eigenvalue weighted by atomic mass is 32.1. The van der Waals surface area contributed by atoms with E-state index in [0.717, 1.165) is 0 Å². The Kier molecular flexibility index (Phi) is 4.86. The van der Waals surface area contributed by atoms with Crippen LogP contribution in [0.5, 0.6) is 0 Å². The number of alkyl halides is 6. The summed E-state index contributed by atoms with van der Waals surface area (Å²) in [6, 6.07) is 0.